The first-order valence-corrected chi connectivity index (χ1v) is 15.5. The molecule has 0 spiro atoms. The zero-order chi connectivity index (χ0) is 32.0. The van der Waals surface area contributed by atoms with Crippen molar-refractivity contribution in [3.63, 3.8) is 0 Å². The Morgan fingerprint density at radius 1 is 0.702 bits per heavy atom. The van der Waals surface area contributed by atoms with Crippen LogP contribution >= 0.6 is 24.0 Å². The van der Waals surface area contributed by atoms with Gasteiger partial charge in [0.05, 0.1) is 17.9 Å². The minimum atomic E-state index is -1.27. The maximum atomic E-state index is 14.4. The predicted molar refractivity (Wildman–Crippen MR) is 190 cm³/mol. The van der Waals surface area contributed by atoms with Crippen molar-refractivity contribution in [2.45, 2.75) is 26.1 Å². The molecule has 1 heterocycles. The van der Waals surface area contributed by atoms with E-state index >= 15 is 0 Å². The minimum absolute atomic E-state index is 0. The molecule has 238 valence electrons. The number of nitrogens with one attached hydrogen (secondary N) is 1. The summed E-state index contributed by atoms with van der Waals surface area (Å²) in [5.41, 5.74) is 12.2. The smallest absolute Gasteiger partial charge is 0.244 e. The molecule has 0 fully saturated rings. The molecular formula is C38H34Cl2N4O3. The highest BCUT2D eigenvalue weighted by Crippen LogP contribution is 2.40. The normalized spacial score (nSPS) is 14.2. The van der Waals surface area contributed by atoms with Crippen molar-refractivity contribution in [2.24, 2.45) is 11.7 Å². The van der Waals surface area contributed by atoms with Crippen LogP contribution in [-0.4, -0.2) is 17.7 Å². The van der Waals surface area contributed by atoms with Crippen LogP contribution in [0.25, 0.3) is 11.1 Å². The average molecular weight is 666 g/mol. The van der Waals surface area contributed by atoms with Gasteiger partial charge in [-0.05, 0) is 58.1 Å². The van der Waals surface area contributed by atoms with Crippen LogP contribution in [0.15, 0.2) is 127 Å². The van der Waals surface area contributed by atoms with Gasteiger partial charge in [0, 0.05) is 30.2 Å². The molecule has 0 aromatic heterocycles. The van der Waals surface area contributed by atoms with Crippen LogP contribution in [0.4, 0.5) is 17.1 Å². The third kappa shape index (κ3) is 7.39. The van der Waals surface area contributed by atoms with Crippen LogP contribution in [0.5, 0.6) is 0 Å². The monoisotopic (exact) mass is 664 g/mol. The molecule has 5 aromatic carbocycles. The Hall–Kier alpha value is -4.95. The van der Waals surface area contributed by atoms with Gasteiger partial charge in [-0.25, -0.2) is 0 Å². The molecular weight excluding hydrogens is 631 g/mol. The molecule has 0 aliphatic carbocycles. The summed E-state index contributed by atoms with van der Waals surface area (Å²) in [6.45, 7) is 0.750. The van der Waals surface area contributed by atoms with Gasteiger partial charge in [-0.15, -0.1) is 12.4 Å². The quantitative estimate of drug-likeness (QED) is 0.160. The first-order valence-electron chi connectivity index (χ1n) is 15.1. The lowest BCUT2D eigenvalue weighted by atomic mass is 10.00. The largest absolute Gasteiger partial charge is 0.352 e. The van der Waals surface area contributed by atoms with E-state index in [1.807, 2.05) is 121 Å². The van der Waals surface area contributed by atoms with E-state index in [1.165, 1.54) is 4.90 Å². The molecule has 1 unspecified atom stereocenters. The van der Waals surface area contributed by atoms with Gasteiger partial charge in [0.2, 0.25) is 17.7 Å². The summed E-state index contributed by atoms with van der Waals surface area (Å²) in [6.07, 6.45) is -0.322. The maximum Gasteiger partial charge on any atom is 0.244 e. The Bertz CT molecular complexity index is 1860. The topological polar surface area (TPSA) is 95.7 Å². The number of carbonyl (C=O) groups excluding carboxylic acids is 3. The third-order valence-corrected chi connectivity index (χ3v) is 8.52. The van der Waals surface area contributed by atoms with Gasteiger partial charge in [-0.2, -0.15) is 0 Å². The summed E-state index contributed by atoms with van der Waals surface area (Å²) in [4.78, 5) is 45.3. The van der Waals surface area contributed by atoms with E-state index in [0.717, 1.165) is 27.8 Å². The number of anilines is 3. The molecule has 1 aliphatic heterocycles. The van der Waals surface area contributed by atoms with Gasteiger partial charge < -0.3 is 16.0 Å². The van der Waals surface area contributed by atoms with Crippen LogP contribution in [0.1, 0.15) is 23.1 Å². The fourth-order valence-corrected chi connectivity index (χ4v) is 5.87. The van der Waals surface area contributed by atoms with Gasteiger partial charge in [-0.1, -0.05) is 109 Å². The Balaban J connectivity index is 0.00000433. The third-order valence-electron chi connectivity index (χ3n) is 8.15. The maximum absolute atomic E-state index is 14.4. The van der Waals surface area contributed by atoms with Crippen LogP contribution in [0.2, 0.25) is 5.02 Å². The Labute approximate surface area is 285 Å². The second kappa shape index (κ2) is 15.1. The van der Waals surface area contributed by atoms with Crippen molar-refractivity contribution in [1.29, 1.82) is 0 Å². The number of amides is 3. The number of nitrogens with two attached hydrogens (primary N) is 1. The van der Waals surface area contributed by atoms with Gasteiger partial charge >= 0.3 is 0 Å². The molecule has 1 aliphatic rings. The fourth-order valence-electron chi connectivity index (χ4n) is 5.66. The Morgan fingerprint density at radius 3 is 1.98 bits per heavy atom. The van der Waals surface area contributed by atoms with Gasteiger partial charge in [0.1, 0.15) is 5.92 Å². The van der Waals surface area contributed by atoms with E-state index in [0.29, 0.717) is 28.6 Å². The lowest BCUT2D eigenvalue weighted by Gasteiger charge is -2.26. The highest BCUT2D eigenvalue weighted by molar-refractivity contribution is 6.31. The van der Waals surface area contributed by atoms with E-state index < -0.39 is 23.6 Å². The number of carbonyl (C=O) groups is 3. The van der Waals surface area contributed by atoms with Crippen LogP contribution in [-0.2, 0) is 34.0 Å². The number of rotatable bonds is 9. The van der Waals surface area contributed by atoms with Crippen LogP contribution < -0.4 is 20.9 Å². The van der Waals surface area contributed by atoms with Crippen molar-refractivity contribution < 1.29 is 14.4 Å². The SMILES string of the molecule is Cl.NCc1ccc(N2C(=O)C(CC(=O)NCc3ccccc3Cl)C(=O)N(Cc3ccc(-c4ccccc4)cc3)c3ccccc32)cc1. The second-order valence-corrected chi connectivity index (χ2v) is 11.6. The first-order chi connectivity index (χ1) is 22.4. The highest BCUT2D eigenvalue weighted by atomic mass is 35.5. The molecule has 0 saturated carbocycles. The summed E-state index contributed by atoms with van der Waals surface area (Å²) in [5.74, 6) is -2.62. The van der Waals surface area contributed by atoms with Crippen LogP contribution in [0.3, 0.4) is 0 Å². The molecule has 6 rings (SSSR count). The molecule has 9 heteroatoms. The van der Waals surface area contributed by atoms with E-state index in [4.69, 9.17) is 17.3 Å². The summed E-state index contributed by atoms with van der Waals surface area (Å²) in [6, 6.07) is 40.0. The molecule has 7 nitrogen and oxygen atoms in total. The number of hydrogen-bond acceptors (Lipinski definition) is 4. The number of benzene rings is 5. The zero-order valence-corrected chi connectivity index (χ0v) is 27.1. The Morgan fingerprint density at radius 2 is 1.30 bits per heavy atom. The van der Waals surface area contributed by atoms with E-state index in [2.05, 4.69) is 5.32 Å². The summed E-state index contributed by atoms with van der Waals surface area (Å²) >= 11 is 6.29. The Kier molecular flexibility index (Phi) is 10.7. The molecule has 0 bridgehead atoms. The number of hydrogen-bond donors (Lipinski definition) is 2. The molecule has 0 saturated heterocycles. The first kappa shape index (κ1) is 33.4. The van der Waals surface area contributed by atoms with Gasteiger partial charge in [0.15, 0.2) is 0 Å². The fraction of sp³-hybridized carbons (Fsp3) is 0.132. The highest BCUT2D eigenvalue weighted by Gasteiger charge is 2.42. The van der Waals surface area contributed by atoms with E-state index in [-0.39, 0.29) is 31.9 Å². The average Bonchev–Trinajstić information content (AvgIpc) is 3.17. The van der Waals surface area contributed by atoms with Gasteiger partial charge in [0.25, 0.3) is 0 Å². The predicted octanol–water partition coefficient (Wildman–Crippen LogP) is 7.42. The number of nitrogens with zero attached hydrogens (tertiary/aromatic N) is 2. The minimum Gasteiger partial charge on any atom is -0.352 e. The standard InChI is InChI=1S/C38H33ClN4O3.ClH/c39-33-11-5-4-10-30(33)24-41-36(44)22-32-37(45)42(25-27-14-18-29(19-15-27)28-8-2-1-3-9-28)34-12-6-7-13-35(34)43(38(32)46)31-20-16-26(23-40)17-21-31;/h1-21,32H,22-25,40H2,(H,41,44);1H. The van der Waals surface area contributed by atoms with Crippen molar-refractivity contribution in [3.05, 3.63) is 149 Å². The molecule has 3 N–H and O–H groups in total. The van der Waals surface area contributed by atoms with Gasteiger partial charge in [-0.3, -0.25) is 19.3 Å². The molecule has 47 heavy (non-hydrogen) atoms. The number of fused-ring (bicyclic) bond motifs is 1. The van der Waals surface area contributed by atoms with Crippen molar-refractivity contribution >= 4 is 58.8 Å². The number of halogens is 2. The molecule has 3 amide bonds. The second-order valence-electron chi connectivity index (χ2n) is 11.1. The summed E-state index contributed by atoms with van der Waals surface area (Å²) in [5, 5.41) is 3.37. The molecule has 0 radical (unpaired) electrons. The zero-order valence-electron chi connectivity index (χ0n) is 25.5. The van der Waals surface area contributed by atoms with E-state index in [1.54, 1.807) is 11.0 Å². The lowest BCUT2D eigenvalue weighted by molar-refractivity contribution is -0.136. The van der Waals surface area contributed by atoms with Crippen LogP contribution in [0, 0.1) is 5.92 Å². The lowest BCUT2D eigenvalue weighted by Crippen LogP contribution is -2.43. The molecule has 1 atom stereocenters. The molecule has 5 aromatic rings. The number of para-hydroxylation sites is 2. The van der Waals surface area contributed by atoms with Crippen molar-refractivity contribution in [3.8, 4) is 11.1 Å². The summed E-state index contributed by atoms with van der Waals surface area (Å²) < 4.78 is 0. The van der Waals surface area contributed by atoms with Crippen molar-refractivity contribution in [2.75, 3.05) is 9.80 Å². The summed E-state index contributed by atoms with van der Waals surface area (Å²) in [7, 11) is 0. The van der Waals surface area contributed by atoms with Crippen molar-refractivity contribution in [1.82, 2.24) is 5.32 Å². The van der Waals surface area contributed by atoms with E-state index in [9.17, 15) is 14.4 Å².